The Labute approximate surface area is 234 Å². The number of likely N-dealkylation sites (N-methyl/N-ethyl adjacent to an activating group) is 1. The number of fused-ring (bicyclic) bond motifs is 2. The topological polar surface area (TPSA) is 92.2 Å². The quantitative estimate of drug-likeness (QED) is 0.445. The van der Waals surface area contributed by atoms with Crippen molar-refractivity contribution in [3.8, 4) is 0 Å². The number of aromatic nitrogens is 1. The van der Waals surface area contributed by atoms with Crippen molar-refractivity contribution in [2.24, 2.45) is 5.92 Å². The largest absolute Gasteiger partial charge is 0.379 e. The summed E-state index contributed by atoms with van der Waals surface area (Å²) in [6.45, 7) is 5.34. The maximum absolute atomic E-state index is 13.4. The van der Waals surface area contributed by atoms with Crippen molar-refractivity contribution in [2.75, 3.05) is 51.3 Å². The summed E-state index contributed by atoms with van der Waals surface area (Å²) in [5, 5.41) is 0.927. The Bertz CT molecular complexity index is 1610. The van der Waals surface area contributed by atoms with Crippen molar-refractivity contribution in [1.82, 2.24) is 13.8 Å². The van der Waals surface area contributed by atoms with Crippen LogP contribution < -0.4 is 4.90 Å². The third kappa shape index (κ3) is 4.74. The predicted octanol–water partition coefficient (Wildman–Crippen LogP) is 3.44. The Balaban J connectivity index is 1.37. The Hall–Kier alpha value is -3.47. The summed E-state index contributed by atoms with van der Waals surface area (Å²) in [5.74, 6) is 0.530. The number of carbonyl (C=O) groups is 2. The molecule has 0 unspecified atom stereocenters. The molecule has 0 atom stereocenters. The third-order valence-corrected chi connectivity index (χ3v) is 10.2. The Morgan fingerprint density at radius 2 is 1.77 bits per heavy atom. The van der Waals surface area contributed by atoms with Crippen molar-refractivity contribution in [3.63, 3.8) is 0 Å². The number of amides is 2. The molecule has 3 aliphatic rings. The van der Waals surface area contributed by atoms with Crippen LogP contribution in [0.4, 0.5) is 5.69 Å². The van der Waals surface area contributed by atoms with Gasteiger partial charge in [0, 0.05) is 67.0 Å². The first-order chi connectivity index (χ1) is 19.2. The zero-order chi connectivity index (χ0) is 28.0. The van der Waals surface area contributed by atoms with E-state index < -0.39 is 10.0 Å². The van der Waals surface area contributed by atoms with Crippen molar-refractivity contribution < 1.29 is 22.7 Å². The molecule has 0 spiro atoms. The summed E-state index contributed by atoms with van der Waals surface area (Å²) in [4.78, 5) is 30.2. The number of para-hydroxylation sites is 1. The average molecular weight is 563 g/mol. The molecule has 2 saturated heterocycles. The lowest BCUT2D eigenvalue weighted by Gasteiger charge is -2.30. The van der Waals surface area contributed by atoms with Crippen LogP contribution in [0.25, 0.3) is 22.6 Å². The molecule has 0 radical (unpaired) electrons. The molecule has 0 saturated carbocycles. The molecule has 6 rings (SSSR count). The highest BCUT2D eigenvalue weighted by molar-refractivity contribution is 7.89. The normalized spacial score (nSPS) is 20.1. The molecule has 2 amide bonds. The summed E-state index contributed by atoms with van der Waals surface area (Å²) < 4.78 is 35.4. The number of sulfonamides is 1. The molecule has 0 bridgehead atoms. The van der Waals surface area contributed by atoms with Gasteiger partial charge in [-0.1, -0.05) is 25.1 Å². The van der Waals surface area contributed by atoms with Gasteiger partial charge in [0.15, 0.2) is 0 Å². The number of rotatable bonds is 5. The summed E-state index contributed by atoms with van der Waals surface area (Å²) in [6.07, 6.45) is 5.78. The molecule has 210 valence electrons. The van der Waals surface area contributed by atoms with Gasteiger partial charge < -0.3 is 19.1 Å². The highest BCUT2D eigenvalue weighted by Gasteiger charge is 2.33. The monoisotopic (exact) mass is 562 g/mol. The second-order valence-corrected chi connectivity index (χ2v) is 12.8. The lowest BCUT2D eigenvalue weighted by atomic mass is 9.99. The van der Waals surface area contributed by atoms with Gasteiger partial charge in [-0.3, -0.25) is 9.59 Å². The van der Waals surface area contributed by atoms with Gasteiger partial charge in [0.1, 0.15) is 6.54 Å². The summed E-state index contributed by atoms with van der Waals surface area (Å²) in [7, 11) is -2.03. The molecule has 9 nitrogen and oxygen atoms in total. The van der Waals surface area contributed by atoms with Crippen molar-refractivity contribution in [1.29, 1.82) is 0 Å². The average Bonchev–Trinajstić information content (AvgIpc) is 3.43. The van der Waals surface area contributed by atoms with Gasteiger partial charge in [0.05, 0.1) is 23.8 Å². The number of hydrogen-bond donors (Lipinski definition) is 0. The number of piperidine rings is 1. The van der Waals surface area contributed by atoms with E-state index in [-0.39, 0.29) is 23.3 Å². The molecule has 0 N–H and O–H groups in total. The SMILES string of the molecule is CC1CCN(C(=O)Cn2cc(C=C3C(=O)N(C)c4ccc(S(=O)(=O)N5CCOCC5)cc43)c3ccccc32)CC1. The predicted molar refractivity (Wildman–Crippen MR) is 154 cm³/mol. The van der Waals surface area contributed by atoms with Crippen LogP contribution in [0.15, 0.2) is 53.6 Å². The summed E-state index contributed by atoms with van der Waals surface area (Å²) in [5.41, 5.74) is 3.39. The molecule has 3 aromatic rings. The first kappa shape index (κ1) is 26.7. The second-order valence-electron chi connectivity index (χ2n) is 10.9. The van der Waals surface area contributed by atoms with Crippen LogP contribution in [0, 0.1) is 5.92 Å². The van der Waals surface area contributed by atoms with Crippen LogP contribution in [-0.4, -0.2) is 80.4 Å². The standard InChI is InChI=1S/C30H34N4O5S/c1-21-9-11-32(12-10-21)29(35)20-33-19-22(24-5-3-4-6-28(24)33)17-26-25-18-23(7-8-27(25)31(2)30(26)36)40(37,38)34-13-15-39-16-14-34/h3-8,17-19,21H,9-16,20H2,1-2H3. The van der Waals surface area contributed by atoms with Crippen LogP contribution in [0.1, 0.15) is 30.9 Å². The Morgan fingerprint density at radius 3 is 2.52 bits per heavy atom. The molecular formula is C30H34N4O5S. The van der Waals surface area contributed by atoms with E-state index in [4.69, 9.17) is 4.74 Å². The maximum Gasteiger partial charge on any atom is 0.258 e. The lowest BCUT2D eigenvalue weighted by Crippen LogP contribution is -2.40. The smallest absolute Gasteiger partial charge is 0.258 e. The Morgan fingerprint density at radius 1 is 1.05 bits per heavy atom. The minimum absolute atomic E-state index is 0.0897. The molecule has 10 heteroatoms. The fraction of sp³-hybridized carbons (Fsp3) is 0.400. The third-order valence-electron chi connectivity index (χ3n) is 8.32. The van der Waals surface area contributed by atoms with Gasteiger partial charge in [0.2, 0.25) is 15.9 Å². The van der Waals surface area contributed by atoms with Crippen molar-refractivity contribution in [2.45, 2.75) is 31.2 Å². The van der Waals surface area contributed by atoms with Crippen LogP contribution in [0.2, 0.25) is 0 Å². The van der Waals surface area contributed by atoms with E-state index in [0.717, 1.165) is 42.4 Å². The van der Waals surface area contributed by atoms with Crippen LogP contribution in [-0.2, 0) is 30.9 Å². The van der Waals surface area contributed by atoms with Crippen LogP contribution in [0.3, 0.4) is 0 Å². The van der Waals surface area contributed by atoms with Crippen LogP contribution >= 0.6 is 0 Å². The van der Waals surface area contributed by atoms with Gasteiger partial charge >= 0.3 is 0 Å². The van der Waals surface area contributed by atoms with Gasteiger partial charge in [-0.05, 0) is 49.1 Å². The molecule has 4 heterocycles. The lowest BCUT2D eigenvalue weighted by molar-refractivity contribution is -0.133. The molecule has 2 fully saturated rings. The van der Waals surface area contributed by atoms with Gasteiger partial charge in [-0.25, -0.2) is 8.42 Å². The van der Waals surface area contributed by atoms with Crippen molar-refractivity contribution in [3.05, 3.63) is 59.8 Å². The van der Waals surface area contributed by atoms with E-state index in [2.05, 4.69) is 6.92 Å². The van der Waals surface area contributed by atoms with Crippen molar-refractivity contribution >= 4 is 50.1 Å². The molecule has 1 aromatic heterocycles. The Kier molecular flexibility index (Phi) is 7.02. The van der Waals surface area contributed by atoms with E-state index >= 15 is 0 Å². The number of anilines is 1. The molecule has 0 aliphatic carbocycles. The minimum atomic E-state index is -3.72. The number of hydrogen-bond acceptors (Lipinski definition) is 5. The highest BCUT2D eigenvalue weighted by Crippen LogP contribution is 2.39. The zero-order valence-electron chi connectivity index (χ0n) is 22.9. The van der Waals surface area contributed by atoms with E-state index in [0.29, 0.717) is 49.0 Å². The molecule has 3 aliphatic heterocycles. The van der Waals surface area contributed by atoms with Gasteiger partial charge in [-0.15, -0.1) is 0 Å². The molecular weight excluding hydrogens is 528 g/mol. The first-order valence-electron chi connectivity index (χ1n) is 13.8. The molecule has 40 heavy (non-hydrogen) atoms. The number of benzene rings is 2. The number of morpholine rings is 1. The van der Waals surface area contributed by atoms with Crippen LogP contribution in [0.5, 0.6) is 0 Å². The fourth-order valence-corrected chi connectivity index (χ4v) is 7.28. The second kappa shape index (κ2) is 10.5. The number of carbonyl (C=O) groups excluding carboxylic acids is 2. The fourth-order valence-electron chi connectivity index (χ4n) is 5.84. The van der Waals surface area contributed by atoms with E-state index in [1.165, 1.54) is 4.31 Å². The zero-order valence-corrected chi connectivity index (χ0v) is 23.7. The number of likely N-dealkylation sites (tertiary alicyclic amines) is 1. The summed E-state index contributed by atoms with van der Waals surface area (Å²) in [6, 6.07) is 12.7. The summed E-state index contributed by atoms with van der Waals surface area (Å²) >= 11 is 0. The maximum atomic E-state index is 13.4. The molecule has 2 aromatic carbocycles. The minimum Gasteiger partial charge on any atom is -0.379 e. The van der Waals surface area contributed by atoms with E-state index in [1.807, 2.05) is 46.0 Å². The van der Waals surface area contributed by atoms with Gasteiger partial charge in [0.25, 0.3) is 5.91 Å². The van der Waals surface area contributed by atoms with E-state index in [1.54, 1.807) is 30.1 Å². The van der Waals surface area contributed by atoms with Gasteiger partial charge in [-0.2, -0.15) is 4.31 Å². The van der Waals surface area contributed by atoms with E-state index in [9.17, 15) is 18.0 Å². The number of nitrogens with zero attached hydrogens (tertiary/aromatic N) is 4. The number of ether oxygens (including phenoxy) is 1. The highest BCUT2D eigenvalue weighted by atomic mass is 32.2. The first-order valence-corrected chi connectivity index (χ1v) is 15.3.